The van der Waals surface area contributed by atoms with Crippen LogP contribution in [-0.2, 0) is 18.3 Å². The van der Waals surface area contributed by atoms with Crippen molar-refractivity contribution in [1.29, 1.82) is 0 Å². The molecule has 0 saturated carbocycles. The van der Waals surface area contributed by atoms with Gasteiger partial charge in [0.25, 0.3) is 0 Å². The second-order valence-electron chi connectivity index (χ2n) is 4.53. The van der Waals surface area contributed by atoms with Crippen LogP contribution in [0.15, 0.2) is 0 Å². The van der Waals surface area contributed by atoms with Crippen LogP contribution in [0.5, 0.6) is 0 Å². The minimum atomic E-state index is -1.88. The Hall–Kier alpha value is 0.0569. The molecule has 0 aliphatic carbocycles. The summed E-state index contributed by atoms with van der Waals surface area (Å²) in [5, 5.41) is 0. The summed E-state index contributed by atoms with van der Waals surface area (Å²) < 4.78 is 21.6. The summed E-state index contributed by atoms with van der Waals surface area (Å²) in [6, 6.07) is 1.02. The average Bonchev–Trinajstić information content (AvgIpc) is 3.10. The highest BCUT2D eigenvalue weighted by atomic mass is 28.4. The van der Waals surface area contributed by atoms with E-state index in [1.807, 2.05) is 0 Å². The quantitative estimate of drug-likeness (QED) is 0.462. The van der Waals surface area contributed by atoms with Crippen LogP contribution in [0.3, 0.4) is 0 Å². The van der Waals surface area contributed by atoms with E-state index in [-0.39, 0.29) is 0 Å². The van der Waals surface area contributed by atoms with Gasteiger partial charge >= 0.3 is 8.56 Å². The molecule has 0 amide bonds. The Bertz CT molecular complexity index is 192. The topological polar surface area (TPSA) is 40.2 Å². The highest BCUT2D eigenvalue weighted by Gasteiger charge is 2.28. The van der Waals surface area contributed by atoms with Crippen LogP contribution in [0, 0.1) is 0 Å². The summed E-state index contributed by atoms with van der Waals surface area (Å²) in [5.41, 5.74) is 0. The molecule has 0 bridgehead atoms. The Morgan fingerprint density at radius 3 is 2.50 bits per heavy atom. The van der Waals surface area contributed by atoms with E-state index in [1.54, 1.807) is 14.2 Å². The number of hydrogen-bond donors (Lipinski definition) is 0. The van der Waals surface area contributed by atoms with Crippen molar-refractivity contribution in [2.75, 3.05) is 27.4 Å². The number of rotatable bonds is 9. The third kappa shape index (κ3) is 5.40. The Morgan fingerprint density at radius 1 is 1.38 bits per heavy atom. The van der Waals surface area contributed by atoms with Crippen molar-refractivity contribution in [3.05, 3.63) is 0 Å². The first-order valence-corrected chi connectivity index (χ1v) is 8.45. The molecule has 1 aliphatic rings. The first kappa shape index (κ1) is 14.1. The molecule has 0 aromatic heterocycles. The maximum atomic E-state index is 5.66. The molecule has 0 aromatic carbocycles. The zero-order valence-corrected chi connectivity index (χ0v) is 11.8. The summed E-state index contributed by atoms with van der Waals surface area (Å²) in [6.45, 7) is 5.81. The zero-order chi connectivity index (χ0) is 12.0. The van der Waals surface area contributed by atoms with Crippen molar-refractivity contribution < 1.29 is 18.3 Å². The fraction of sp³-hybridized carbons (Fsp3) is 1.00. The molecule has 16 heavy (non-hydrogen) atoms. The number of epoxide rings is 1. The van der Waals surface area contributed by atoms with Gasteiger partial charge in [-0.3, -0.25) is 0 Å². The van der Waals surface area contributed by atoms with Crippen molar-refractivity contribution in [3.8, 4) is 0 Å². The van der Waals surface area contributed by atoms with Gasteiger partial charge in [-0.25, -0.2) is 0 Å². The third-order valence-corrected chi connectivity index (χ3v) is 6.06. The van der Waals surface area contributed by atoms with Gasteiger partial charge < -0.3 is 18.3 Å². The molecule has 1 rings (SSSR count). The molecule has 1 heterocycles. The smallest absolute Gasteiger partial charge is 0.334 e. The Morgan fingerprint density at radius 2 is 2.00 bits per heavy atom. The maximum absolute atomic E-state index is 5.66. The monoisotopic (exact) mass is 248 g/mol. The van der Waals surface area contributed by atoms with E-state index < -0.39 is 8.56 Å². The minimum Gasteiger partial charge on any atom is -0.398 e. The highest BCUT2D eigenvalue weighted by Crippen LogP contribution is 2.17. The van der Waals surface area contributed by atoms with E-state index in [0.717, 1.165) is 32.1 Å². The Balaban J connectivity index is 2.03. The lowest BCUT2D eigenvalue weighted by Gasteiger charge is -2.23. The van der Waals surface area contributed by atoms with Crippen LogP contribution < -0.4 is 0 Å². The summed E-state index contributed by atoms with van der Waals surface area (Å²) in [6.07, 6.45) is 2.82. The maximum Gasteiger partial charge on any atom is 0.334 e. The molecule has 0 N–H and O–H groups in total. The van der Waals surface area contributed by atoms with Gasteiger partial charge in [0.1, 0.15) is 6.10 Å². The zero-order valence-electron chi connectivity index (χ0n) is 10.8. The third-order valence-electron chi connectivity index (χ3n) is 3.07. The van der Waals surface area contributed by atoms with Crippen molar-refractivity contribution >= 4 is 8.56 Å². The van der Waals surface area contributed by atoms with Crippen molar-refractivity contribution in [3.63, 3.8) is 0 Å². The molecule has 0 radical (unpaired) electrons. The van der Waals surface area contributed by atoms with Gasteiger partial charge in [-0.05, 0) is 32.4 Å². The van der Waals surface area contributed by atoms with Crippen LogP contribution in [-0.4, -0.2) is 48.2 Å². The van der Waals surface area contributed by atoms with Crippen molar-refractivity contribution in [2.45, 2.75) is 44.6 Å². The van der Waals surface area contributed by atoms with Gasteiger partial charge in [0, 0.05) is 14.2 Å². The molecule has 2 atom stereocenters. The lowest BCUT2D eigenvalue weighted by atomic mass is 10.2. The first-order valence-electron chi connectivity index (χ1n) is 5.93. The van der Waals surface area contributed by atoms with Gasteiger partial charge in [-0.15, -0.1) is 0 Å². The fourth-order valence-corrected chi connectivity index (χ4v) is 2.94. The molecule has 1 fully saturated rings. The molecule has 0 spiro atoms. The molecular weight excluding hydrogens is 224 g/mol. The van der Waals surface area contributed by atoms with Gasteiger partial charge in [0.15, 0.2) is 0 Å². The van der Waals surface area contributed by atoms with Crippen LogP contribution in [0.2, 0.25) is 12.6 Å². The van der Waals surface area contributed by atoms with Crippen LogP contribution in [0.25, 0.3) is 0 Å². The molecule has 1 saturated heterocycles. The van der Waals surface area contributed by atoms with E-state index >= 15 is 0 Å². The summed E-state index contributed by atoms with van der Waals surface area (Å²) in [4.78, 5) is 0. The molecule has 0 aromatic rings. The molecular formula is C11H24O4Si. The molecule has 5 heteroatoms. The summed E-state index contributed by atoms with van der Waals surface area (Å²) in [7, 11) is 1.60. The van der Waals surface area contributed by atoms with Gasteiger partial charge in [0.2, 0.25) is 0 Å². The molecule has 4 nitrogen and oxygen atoms in total. The normalized spacial score (nSPS) is 22.1. The Kier molecular flexibility index (Phi) is 5.92. The van der Waals surface area contributed by atoms with Crippen molar-refractivity contribution in [2.24, 2.45) is 0 Å². The first-order chi connectivity index (χ1) is 7.59. The van der Waals surface area contributed by atoms with Crippen LogP contribution in [0.1, 0.15) is 19.8 Å². The average molecular weight is 248 g/mol. The van der Waals surface area contributed by atoms with Gasteiger partial charge in [0.05, 0.1) is 19.3 Å². The SMILES string of the molecule is CO[Si](C)(CCCC(C)OCC1CO1)OC. The van der Waals surface area contributed by atoms with Crippen molar-refractivity contribution in [1.82, 2.24) is 0 Å². The Labute approximate surface area is 99.5 Å². The predicted molar refractivity (Wildman–Crippen MR) is 64.8 cm³/mol. The summed E-state index contributed by atoms with van der Waals surface area (Å²) >= 11 is 0. The second kappa shape index (κ2) is 6.71. The largest absolute Gasteiger partial charge is 0.398 e. The van der Waals surface area contributed by atoms with E-state index in [4.69, 9.17) is 18.3 Å². The highest BCUT2D eigenvalue weighted by molar-refractivity contribution is 6.65. The van der Waals surface area contributed by atoms with E-state index in [9.17, 15) is 0 Å². The molecule has 2 unspecified atom stereocenters. The van der Waals surface area contributed by atoms with E-state index in [2.05, 4.69) is 13.5 Å². The fourth-order valence-electron chi connectivity index (χ4n) is 1.52. The standard InChI is InChI=1S/C11H24O4Si/c1-10(14-8-11-9-15-11)6-5-7-16(4,12-2)13-3/h10-11H,5-9H2,1-4H3. The van der Waals surface area contributed by atoms with E-state index in [1.165, 1.54) is 0 Å². The summed E-state index contributed by atoms with van der Waals surface area (Å²) in [5.74, 6) is 0. The van der Waals surface area contributed by atoms with E-state index in [0.29, 0.717) is 12.2 Å². The van der Waals surface area contributed by atoms with Crippen LogP contribution in [0.4, 0.5) is 0 Å². The van der Waals surface area contributed by atoms with Gasteiger partial charge in [-0.1, -0.05) is 0 Å². The van der Waals surface area contributed by atoms with Gasteiger partial charge in [-0.2, -0.15) is 0 Å². The lowest BCUT2D eigenvalue weighted by Crippen LogP contribution is -2.36. The molecule has 1 aliphatic heterocycles. The second-order valence-corrected chi connectivity index (χ2v) is 8.12. The number of ether oxygens (including phenoxy) is 2. The predicted octanol–water partition coefficient (Wildman–Crippen LogP) is 1.94. The minimum absolute atomic E-state index is 0.302. The number of hydrogen-bond acceptors (Lipinski definition) is 4. The van der Waals surface area contributed by atoms with Crippen LogP contribution >= 0.6 is 0 Å². The molecule has 96 valence electrons. The lowest BCUT2D eigenvalue weighted by molar-refractivity contribution is 0.0484.